The molecule has 7 heteroatoms. The number of likely N-dealkylation sites (N-methyl/N-ethyl adjacent to an activating group) is 2. The second-order valence-corrected chi connectivity index (χ2v) is 4.60. The van der Waals surface area contributed by atoms with Gasteiger partial charge in [-0.2, -0.15) is 0 Å². The van der Waals surface area contributed by atoms with E-state index in [1.165, 1.54) is 6.20 Å². The van der Waals surface area contributed by atoms with E-state index >= 15 is 0 Å². The van der Waals surface area contributed by atoms with Crippen LogP contribution in [0.3, 0.4) is 0 Å². The highest BCUT2D eigenvalue weighted by Crippen LogP contribution is 2.04. The molecule has 0 aromatic carbocycles. The lowest BCUT2D eigenvalue weighted by Crippen LogP contribution is -2.36. The Morgan fingerprint density at radius 2 is 2.05 bits per heavy atom. The molecule has 110 valence electrons. The fourth-order valence-electron chi connectivity index (χ4n) is 1.58. The maximum atomic E-state index is 11.7. The summed E-state index contributed by atoms with van der Waals surface area (Å²) >= 11 is 0. The standard InChI is InChI=1S/C13H21N5O2/c1-4-18(9-12(19)17(2)3)8-11-6-5-10(7-15-11)13(20)16-14/h5-7H,4,8-9,14H2,1-3H3,(H,16,20). The van der Waals surface area contributed by atoms with Gasteiger partial charge in [0.1, 0.15) is 0 Å². The first-order valence-corrected chi connectivity index (χ1v) is 6.36. The van der Waals surface area contributed by atoms with Crippen molar-refractivity contribution in [3.63, 3.8) is 0 Å². The number of hydrogen-bond donors (Lipinski definition) is 2. The lowest BCUT2D eigenvalue weighted by Gasteiger charge is -2.21. The minimum atomic E-state index is -0.376. The Labute approximate surface area is 118 Å². The molecule has 7 nitrogen and oxygen atoms in total. The van der Waals surface area contributed by atoms with Crippen LogP contribution in [-0.2, 0) is 11.3 Å². The molecule has 0 aliphatic heterocycles. The Morgan fingerprint density at radius 3 is 2.50 bits per heavy atom. The van der Waals surface area contributed by atoms with Crippen molar-refractivity contribution < 1.29 is 9.59 Å². The number of rotatable bonds is 6. The van der Waals surface area contributed by atoms with Gasteiger partial charge in [-0.1, -0.05) is 6.92 Å². The van der Waals surface area contributed by atoms with Crippen LogP contribution in [0, 0.1) is 0 Å². The molecule has 0 unspecified atom stereocenters. The van der Waals surface area contributed by atoms with E-state index in [1.54, 1.807) is 31.1 Å². The summed E-state index contributed by atoms with van der Waals surface area (Å²) in [5.41, 5.74) is 3.26. The molecule has 0 saturated carbocycles. The Bertz CT molecular complexity index is 458. The van der Waals surface area contributed by atoms with Gasteiger partial charge >= 0.3 is 0 Å². The van der Waals surface area contributed by atoms with E-state index in [9.17, 15) is 9.59 Å². The van der Waals surface area contributed by atoms with Crippen LogP contribution in [0.2, 0.25) is 0 Å². The molecule has 1 aromatic heterocycles. The molecule has 0 spiro atoms. The minimum Gasteiger partial charge on any atom is -0.348 e. The molecule has 2 amide bonds. The molecule has 1 rings (SSSR count). The number of carbonyl (C=O) groups excluding carboxylic acids is 2. The van der Waals surface area contributed by atoms with E-state index in [4.69, 9.17) is 5.84 Å². The van der Waals surface area contributed by atoms with Gasteiger partial charge in [0.05, 0.1) is 17.8 Å². The fourth-order valence-corrected chi connectivity index (χ4v) is 1.58. The SMILES string of the molecule is CCN(CC(=O)N(C)C)Cc1ccc(C(=O)NN)cn1. The maximum Gasteiger partial charge on any atom is 0.266 e. The van der Waals surface area contributed by atoms with Gasteiger partial charge in [0.15, 0.2) is 0 Å². The highest BCUT2D eigenvalue weighted by Gasteiger charge is 2.12. The molecule has 0 radical (unpaired) electrons. The second kappa shape index (κ2) is 7.56. The van der Waals surface area contributed by atoms with Crippen molar-refractivity contribution in [3.8, 4) is 0 Å². The van der Waals surface area contributed by atoms with E-state index in [0.717, 1.165) is 12.2 Å². The third-order valence-electron chi connectivity index (χ3n) is 2.91. The quantitative estimate of drug-likeness (QED) is 0.420. The number of nitrogens with one attached hydrogen (secondary N) is 1. The van der Waals surface area contributed by atoms with Crippen LogP contribution < -0.4 is 11.3 Å². The molecular weight excluding hydrogens is 258 g/mol. The van der Waals surface area contributed by atoms with E-state index in [2.05, 4.69) is 10.4 Å². The molecule has 0 aliphatic rings. The lowest BCUT2D eigenvalue weighted by atomic mass is 10.2. The van der Waals surface area contributed by atoms with Crippen LogP contribution in [0.1, 0.15) is 23.0 Å². The summed E-state index contributed by atoms with van der Waals surface area (Å²) in [5, 5.41) is 0. The largest absolute Gasteiger partial charge is 0.348 e. The molecule has 20 heavy (non-hydrogen) atoms. The Balaban J connectivity index is 2.66. The molecule has 0 aliphatic carbocycles. The van der Waals surface area contributed by atoms with Crippen molar-refractivity contribution in [1.82, 2.24) is 20.2 Å². The first-order chi connectivity index (χ1) is 9.47. The van der Waals surface area contributed by atoms with E-state index in [-0.39, 0.29) is 11.8 Å². The smallest absolute Gasteiger partial charge is 0.266 e. The number of carbonyl (C=O) groups is 2. The number of hydrogen-bond acceptors (Lipinski definition) is 5. The molecule has 1 heterocycles. The molecule has 0 saturated heterocycles. The Kier molecular flexibility index (Phi) is 6.08. The van der Waals surface area contributed by atoms with Gasteiger partial charge in [-0.05, 0) is 18.7 Å². The lowest BCUT2D eigenvalue weighted by molar-refractivity contribution is -0.130. The summed E-state index contributed by atoms with van der Waals surface area (Å²) in [6, 6.07) is 3.42. The summed E-state index contributed by atoms with van der Waals surface area (Å²) in [6.07, 6.45) is 1.47. The van der Waals surface area contributed by atoms with Crippen molar-refractivity contribution >= 4 is 11.8 Å². The van der Waals surface area contributed by atoms with Gasteiger partial charge in [0, 0.05) is 26.8 Å². The van der Waals surface area contributed by atoms with Gasteiger partial charge in [-0.15, -0.1) is 0 Å². The van der Waals surface area contributed by atoms with E-state index in [1.807, 2.05) is 11.8 Å². The Hall–Kier alpha value is -1.99. The molecule has 3 N–H and O–H groups in total. The van der Waals surface area contributed by atoms with Gasteiger partial charge < -0.3 is 4.90 Å². The van der Waals surface area contributed by atoms with Crippen LogP contribution in [0.15, 0.2) is 18.3 Å². The highest BCUT2D eigenvalue weighted by atomic mass is 16.2. The number of nitrogens with two attached hydrogens (primary N) is 1. The zero-order valence-electron chi connectivity index (χ0n) is 12.1. The van der Waals surface area contributed by atoms with E-state index in [0.29, 0.717) is 18.7 Å². The van der Waals surface area contributed by atoms with Crippen molar-refractivity contribution in [2.45, 2.75) is 13.5 Å². The topological polar surface area (TPSA) is 91.6 Å². The predicted octanol–water partition coefficient (Wildman–Crippen LogP) is -0.405. The Morgan fingerprint density at radius 1 is 1.35 bits per heavy atom. The van der Waals surface area contributed by atoms with Crippen LogP contribution in [0.25, 0.3) is 0 Å². The zero-order chi connectivity index (χ0) is 15.1. The molecule has 0 atom stereocenters. The second-order valence-electron chi connectivity index (χ2n) is 4.60. The van der Waals surface area contributed by atoms with Crippen LogP contribution >= 0.6 is 0 Å². The number of nitrogens with zero attached hydrogens (tertiary/aromatic N) is 3. The average molecular weight is 279 g/mol. The number of pyridine rings is 1. The van der Waals surface area contributed by atoms with Crippen molar-refractivity contribution in [2.75, 3.05) is 27.2 Å². The van der Waals surface area contributed by atoms with Crippen molar-refractivity contribution in [3.05, 3.63) is 29.6 Å². The first-order valence-electron chi connectivity index (χ1n) is 6.36. The molecular formula is C13H21N5O2. The number of nitrogen functional groups attached to an aromatic ring is 1. The van der Waals surface area contributed by atoms with Crippen LogP contribution in [0.5, 0.6) is 0 Å². The number of aromatic nitrogens is 1. The van der Waals surface area contributed by atoms with Crippen LogP contribution in [-0.4, -0.2) is 53.8 Å². The number of hydrazine groups is 1. The van der Waals surface area contributed by atoms with Gasteiger partial charge in [-0.25, -0.2) is 5.84 Å². The molecule has 0 bridgehead atoms. The zero-order valence-corrected chi connectivity index (χ0v) is 12.1. The predicted molar refractivity (Wildman–Crippen MR) is 75.5 cm³/mol. The summed E-state index contributed by atoms with van der Waals surface area (Å²) in [7, 11) is 3.46. The average Bonchev–Trinajstić information content (AvgIpc) is 2.46. The van der Waals surface area contributed by atoms with E-state index < -0.39 is 0 Å². The summed E-state index contributed by atoms with van der Waals surface area (Å²) in [6.45, 7) is 3.63. The molecule has 0 fully saturated rings. The monoisotopic (exact) mass is 279 g/mol. The first kappa shape index (κ1) is 16.1. The maximum absolute atomic E-state index is 11.7. The van der Waals surface area contributed by atoms with Gasteiger partial charge in [0.25, 0.3) is 5.91 Å². The summed E-state index contributed by atoms with van der Waals surface area (Å²) < 4.78 is 0. The minimum absolute atomic E-state index is 0.0472. The summed E-state index contributed by atoms with van der Waals surface area (Å²) in [4.78, 5) is 30.7. The van der Waals surface area contributed by atoms with Gasteiger partial charge in [0.2, 0.25) is 5.91 Å². The third kappa shape index (κ3) is 4.60. The van der Waals surface area contributed by atoms with Crippen molar-refractivity contribution in [2.24, 2.45) is 5.84 Å². The molecule has 1 aromatic rings. The normalized spacial score (nSPS) is 10.4. The number of amides is 2. The highest BCUT2D eigenvalue weighted by molar-refractivity contribution is 5.93. The third-order valence-corrected chi connectivity index (χ3v) is 2.91. The fraction of sp³-hybridized carbons (Fsp3) is 0.462. The summed E-state index contributed by atoms with van der Waals surface area (Å²) in [5.74, 6) is 4.72. The van der Waals surface area contributed by atoms with Crippen molar-refractivity contribution in [1.29, 1.82) is 0 Å². The van der Waals surface area contributed by atoms with Gasteiger partial charge in [-0.3, -0.25) is 24.9 Å². The van der Waals surface area contributed by atoms with Crippen LogP contribution in [0.4, 0.5) is 0 Å².